The number of nitrogens with one attached hydrogen (secondary N) is 1. The molecule has 0 saturated carbocycles. The molecular weight excluding hydrogens is 444 g/mol. The van der Waals surface area contributed by atoms with Gasteiger partial charge >= 0.3 is 0 Å². The minimum Gasteiger partial charge on any atom is -0.493 e. The maximum absolute atomic E-state index is 11.9. The van der Waals surface area contributed by atoms with Crippen LogP contribution in [0, 0.1) is 11.8 Å². The second-order valence-electron chi connectivity index (χ2n) is 7.04. The molecule has 11 heteroatoms. The fourth-order valence-electron chi connectivity index (χ4n) is 2.81. The van der Waals surface area contributed by atoms with Crippen molar-refractivity contribution in [3.63, 3.8) is 0 Å². The van der Waals surface area contributed by atoms with Crippen LogP contribution in [0.3, 0.4) is 0 Å². The molecule has 0 fully saturated rings. The van der Waals surface area contributed by atoms with E-state index < -0.39 is 9.84 Å². The summed E-state index contributed by atoms with van der Waals surface area (Å²) in [6, 6.07) is 3.49. The van der Waals surface area contributed by atoms with Crippen molar-refractivity contribution >= 4 is 26.6 Å². The van der Waals surface area contributed by atoms with Crippen LogP contribution < -0.4 is 15.8 Å². The largest absolute Gasteiger partial charge is 0.493 e. The van der Waals surface area contributed by atoms with E-state index >= 15 is 0 Å². The molecule has 0 amide bonds. The molecule has 3 aromatic rings. The van der Waals surface area contributed by atoms with E-state index in [9.17, 15) is 8.42 Å². The third-order valence-corrected chi connectivity index (χ3v) is 5.28. The van der Waals surface area contributed by atoms with Gasteiger partial charge in [0.25, 0.3) is 0 Å². The number of sulfone groups is 1. The van der Waals surface area contributed by atoms with Crippen molar-refractivity contribution in [2.24, 2.45) is 5.73 Å². The number of ether oxygens (including phenoxy) is 2. The van der Waals surface area contributed by atoms with E-state index in [1.54, 1.807) is 25.4 Å². The fourth-order valence-corrected chi connectivity index (χ4v) is 3.31. The number of aromatic nitrogens is 4. The van der Waals surface area contributed by atoms with Crippen molar-refractivity contribution in [1.82, 2.24) is 19.9 Å². The lowest BCUT2D eigenvalue weighted by Crippen LogP contribution is -2.07. The van der Waals surface area contributed by atoms with Crippen LogP contribution >= 0.6 is 0 Å². The van der Waals surface area contributed by atoms with E-state index in [0.29, 0.717) is 60.1 Å². The molecule has 0 radical (unpaired) electrons. The van der Waals surface area contributed by atoms with Crippen molar-refractivity contribution in [3.8, 4) is 17.6 Å². The van der Waals surface area contributed by atoms with Crippen LogP contribution in [-0.2, 0) is 14.6 Å². The molecule has 33 heavy (non-hydrogen) atoms. The molecular formula is C22H26N6O4S. The predicted molar refractivity (Wildman–Crippen MR) is 125 cm³/mol. The summed E-state index contributed by atoms with van der Waals surface area (Å²) in [5, 5.41) is 3.24. The molecule has 0 atom stereocenters. The summed E-state index contributed by atoms with van der Waals surface area (Å²) in [5.41, 5.74) is 6.77. The van der Waals surface area contributed by atoms with Crippen molar-refractivity contribution in [2.45, 2.75) is 18.0 Å². The highest BCUT2D eigenvalue weighted by molar-refractivity contribution is 7.90. The normalized spacial score (nSPS) is 11.1. The van der Waals surface area contributed by atoms with Crippen LogP contribution in [-0.4, -0.2) is 68.0 Å². The van der Waals surface area contributed by atoms with Gasteiger partial charge in [-0.05, 0) is 25.0 Å². The van der Waals surface area contributed by atoms with Gasteiger partial charge < -0.3 is 20.5 Å². The number of nitrogens with two attached hydrogens (primary N) is 1. The SMILES string of the molecule is CNc1ncc(C#Cc2cc(OCCCOCCCN)ccn2)c2nc(S(C)(=O)=O)ncc12. The van der Waals surface area contributed by atoms with Gasteiger partial charge in [0.1, 0.15) is 17.3 Å². The summed E-state index contributed by atoms with van der Waals surface area (Å²) in [4.78, 5) is 16.7. The zero-order valence-corrected chi connectivity index (χ0v) is 19.4. The van der Waals surface area contributed by atoms with Crippen molar-refractivity contribution in [2.75, 3.05) is 45.0 Å². The highest BCUT2D eigenvalue weighted by Gasteiger charge is 2.15. The highest BCUT2D eigenvalue weighted by atomic mass is 32.2. The Morgan fingerprint density at radius 1 is 1.09 bits per heavy atom. The molecule has 3 aromatic heterocycles. The molecule has 10 nitrogen and oxygen atoms in total. The van der Waals surface area contributed by atoms with E-state index in [2.05, 4.69) is 37.1 Å². The molecule has 3 N–H and O–H groups in total. The molecule has 3 rings (SSSR count). The smallest absolute Gasteiger partial charge is 0.247 e. The van der Waals surface area contributed by atoms with Crippen LogP contribution in [0.15, 0.2) is 35.9 Å². The standard InChI is InChI=1S/C22H26N6O4S/c1-24-21-19-15-27-22(33(2,29)30)28-20(19)16(14-26-21)5-6-17-13-18(7-9-25-17)32-12-4-11-31-10-3-8-23/h7,9,13-15H,3-4,8,10-12,23H2,1-2H3,(H,24,26). The Balaban J connectivity index is 1.78. The van der Waals surface area contributed by atoms with Gasteiger partial charge in [-0.3, -0.25) is 0 Å². The average Bonchev–Trinajstić information content (AvgIpc) is 2.81. The van der Waals surface area contributed by atoms with Gasteiger partial charge in [0.2, 0.25) is 15.0 Å². The van der Waals surface area contributed by atoms with Gasteiger partial charge in [-0.1, -0.05) is 5.92 Å². The second-order valence-corrected chi connectivity index (χ2v) is 8.95. The van der Waals surface area contributed by atoms with E-state index in [1.165, 1.54) is 12.4 Å². The lowest BCUT2D eigenvalue weighted by Gasteiger charge is -2.07. The number of anilines is 1. The van der Waals surface area contributed by atoms with E-state index in [4.69, 9.17) is 15.2 Å². The van der Waals surface area contributed by atoms with Gasteiger partial charge in [-0.15, -0.1) is 0 Å². The Morgan fingerprint density at radius 2 is 1.91 bits per heavy atom. The summed E-state index contributed by atoms with van der Waals surface area (Å²) in [6.45, 7) is 2.39. The van der Waals surface area contributed by atoms with E-state index in [0.717, 1.165) is 19.1 Å². The number of hydrogen-bond acceptors (Lipinski definition) is 10. The van der Waals surface area contributed by atoms with Gasteiger partial charge in [0, 0.05) is 57.6 Å². The highest BCUT2D eigenvalue weighted by Crippen LogP contribution is 2.22. The van der Waals surface area contributed by atoms with Gasteiger partial charge in [-0.25, -0.2) is 28.4 Å². The Kier molecular flexibility index (Phi) is 8.48. The third-order valence-electron chi connectivity index (χ3n) is 4.42. The Morgan fingerprint density at radius 3 is 2.67 bits per heavy atom. The number of rotatable bonds is 10. The number of fused-ring (bicyclic) bond motifs is 1. The number of pyridine rings is 2. The second kappa shape index (κ2) is 11.5. The van der Waals surface area contributed by atoms with E-state index in [-0.39, 0.29) is 5.16 Å². The summed E-state index contributed by atoms with van der Waals surface area (Å²) >= 11 is 0. The first-order valence-electron chi connectivity index (χ1n) is 10.3. The number of nitrogens with zero attached hydrogens (tertiary/aromatic N) is 4. The Hall–Kier alpha value is -3.33. The molecule has 0 saturated heterocycles. The summed E-state index contributed by atoms with van der Waals surface area (Å²) in [6.07, 6.45) is 7.23. The molecule has 0 aliphatic heterocycles. The quantitative estimate of drug-likeness (QED) is 0.254. The van der Waals surface area contributed by atoms with Crippen molar-refractivity contribution < 1.29 is 17.9 Å². The number of hydrogen-bond donors (Lipinski definition) is 2. The molecule has 0 spiro atoms. The van der Waals surface area contributed by atoms with Gasteiger partial charge in [0.05, 0.1) is 23.1 Å². The maximum Gasteiger partial charge on any atom is 0.247 e. The first kappa shape index (κ1) is 24.3. The molecule has 3 heterocycles. The average molecular weight is 471 g/mol. The lowest BCUT2D eigenvalue weighted by molar-refractivity contribution is 0.118. The van der Waals surface area contributed by atoms with Crippen molar-refractivity contribution in [3.05, 3.63) is 42.0 Å². The Labute approximate surface area is 192 Å². The van der Waals surface area contributed by atoms with E-state index in [1.807, 2.05) is 0 Å². The monoisotopic (exact) mass is 470 g/mol. The molecule has 174 valence electrons. The summed E-state index contributed by atoms with van der Waals surface area (Å²) < 4.78 is 35.0. The third kappa shape index (κ3) is 6.82. The van der Waals surface area contributed by atoms with Gasteiger partial charge in [0.15, 0.2) is 0 Å². The first-order chi connectivity index (χ1) is 15.9. The van der Waals surface area contributed by atoms with Crippen LogP contribution in [0.5, 0.6) is 5.75 Å². The van der Waals surface area contributed by atoms with Crippen molar-refractivity contribution in [1.29, 1.82) is 0 Å². The van der Waals surface area contributed by atoms with Crippen LogP contribution in [0.4, 0.5) is 5.82 Å². The fraction of sp³-hybridized carbons (Fsp3) is 0.364. The van der Waals surface area contributed by atoms with Crippen LogP contribution in [0.2, 0.25) is 0 Å². The lowest BCUT2D eigenvalue weighted by atomic mass is 10.2. The van der Waals surface area contributed by atoms with Crippen LogP contribution in [0.25, 0.3) is 10.9 Å². The zero-order chi connectivity index (χ0) is 23.7. The molecule has 0 bridgehead atoms. The first-order valence-corrected chi connectivity index (χ1v) is 12.2. The summed E-state index contributed by atoms with van der Waals surface area (Å²) in [5.74, 6) is 7.12. The maximum atomic E-state index is 11.9. The topological polar surface area (TPSA) is 142 Å². The molecule has 0 aliphatic carbocycles. The minimum atomic E-state index is -3.58. The predicted octanol–water partition coefficient (Wildman–Crippen LogP) is 1.40. The Bertz CT molecular complexity index is 1270. The molecule has 0 aliphatic rings. The summed E-state index contributed by atoms with van der Waals surface area (Å²) in [7, 11) is -1.87. The minimum absolute atomic E-state index is 0.271. The molecule has 0 aromatic carbocycles. The van der Waals surface area contributed by atoms with Crippen LogP contribution in [0.1, 0.15) is 24.1 Å². The molecule has 0 unspecified atom stereocenters. The zero-order valence-electron chi connectivity index (χ0n) is 18.5. The van der Waals surface area contributed by atoms with Gasteiger partial charge in [-0.2, -0.15) is 0 Å².